The first-order valence-electron chi connectivity index (χ1n) is 7.94. The van der Waals surface area contributed by atoms with Crippen LogP contribution in [0.4, 0.5) is 0 Å². The van der Waals surface area contributed by atoms with Gasteiger partial charge in [0.25, 0.3) is 0 Å². The molecule has 21 heavy (non-hydrogen) atoms. The van der Waals surface area contributed by atoms with Crippen LogP contribution in [0.5, 0.6) is 0 Å². The summed E-state index contributed by atoms with van der Waals surface area (Å²) >= 11 is 0. The molecule has 0 spiro atoms. The van der Waals surface area contributed by atoms with Crippen LogP contribution in [0.3, 0.4) is 0 Å². The molecule has 1 nitrogen and oxygen atoms in total. The minimum absolute atomic E-state index is 0.179. The second kappa shape index (κ2) is 5.26. The molecule has 0 amide bonds. The van der Waals surface area contributed by atoms with Crippen LogP contribution in [0.1, 0.15) is 52.2 Å². The number of benzene rings is 1. The maximum absolute atomic E-state index is 6.10. The number of hydrogen-bond acceptors (Lipinski definition) is 1. The fourth-order valence-corrected chi connectivity index (χ4v) is 2.53. The third-order valence-electron chi connectivity index (χ3n) is 4.64. The van der Waals surface area contributed by atoms with Crippen LogP contribution >= 0.6 is 0 Å². The van der Waals surface area contributed by atoms with Crippen molar-refractivity contribution in [1.29, 1.82) is 0 Å². The van der Waals surface area contributed by atoms with E-state index in [1.54, 1.807) is 0 Å². The number of para-hydroxylation sites is 1. The Morgan fingerprint density at radius 2 is 1.90 bits per heavy atom. The first kappa shape index (κ1) is 14.3. The number of fused-ring (bicyclic) bond motifs is 1. The molecule has 0 unspecified atom stereocenters. The van der Waals surface area contributed by atoms with Gasteiger partial charge in [0.15, 0.2) is 0 Å². The third kappa shape index (κ3) is 3.16. The zero-order chi connectivity index (χ0) is 15.0. The molecule has 1 aliphatic rings. The van der Waals surface area contributed by atoms with E-state index < -0.39 is 0 Å². The quantitative estimate of drug-likeness (QED) is 0.651. The summed E-state index contributed by atoms with van der Waals surface area (Å²) in [5.41, 5.74) is 1.17. The molecular formula is C20H24O. The smallest absolute Gasteiger partial charge is 0.134 e. The van der Waals surface area contributed by atoms with E-state index in [2.05, 4.69) is 57.7 Å². The fraction of sp³-hybridized carbons (Fsp3) is 0.500. The van der Waals surface area contributed by atoms with Gasteiger partial charge in [-0.25, -0.2) is 0 Å². The van der Waals surface area contributed by atoms with Gasteiger partial charge in [0, 0.05) is 11.3 Å². The summed E-state index contributed by atoms with van der Waals surface area (Å²) in [6.45, 7) is 9.14. The number of rotatable bonds is 2. The molecule has 0 N–H and O–H groups in total. The lowest BCUT2D eigenvalue weighted by atomic mass is 9.73. The summed E-state index contributed by atoms with van der Waals surface area (Å²) in [7, 11) is 0. The Kier molecular flexibility index (Phi) is 3.57. The predicted octanol–water partition coefficient (Wildman–Crippen LogP) is 5.61. The molecule has 1 heteroatoms. The van der Waals surface area contributed by atoms with E-state index in [9.17, 15) is 0 Å². The van der Waals surface area contributed by atoms with Crippen LogP contribution in [0, 0.1) is 29.1 Å². The fourth-order valence-electron chi connectivity index (χ4n) is 2.53. The number of hydrogen-bond donors (Lipinski definition) is 0. The monoisotopic (exact) mass is 280 g/mol. The maximum Gasteiger partial charge on any atom is 0.134 e. The second-order valence-electron chi connectivity index (χ2n) is 7.38. The highest BCUT2D eigenvalue weighted by Crippen LogP contribution is 2.39. The van der Waals surface area contributed by atoms with Crippen LogP contribution < -0.4 is 0 Å². The Labute approximate surface area is 127 Å². The summed E-state index contributed by atoms with van der Waals surface area (Å²) in [6, 6.07) is 10.4. The summed E-state index contributed by atoms with van der Waals surface area (Å²) in [5.74, 6) is 9.24. The zero-order valence-corrected chi connectivity index (χ0v) is 13.4. The Morgan fingerprint density at radius 1 is 1.19 bits per heavy atom. The van der Waals surface area contributed by atoms with E-state index in [0.717, 1.165) is 11.3 Å². The highest BCUT2D eigenvalue weighted by Gasteiger charge is 2.31. The standard InChI is InChI=1S/C20H24O/c1-14(20(2,3)4)17(12-11-15-9-10-15)19-13-16-7-5-6-8-18(16)21-19/h5-8,13-15,17H,9-10H2,1-4H3/t14-,17-/m0/s1. The molecule has 1 saturated carbocycles. The molecule has 3 rings (SSSR count). The van der Waals surface area contributed by atoms with Gasteiger partial charge in [0.2, 0.25) is 0 Å². The third-order valence-corrected chi connectivity index (χ3v) is 4.64. The average molecular weight is 280 g/mol. The van der Waals surface area contributed by atoms with Crippen molar-refractivity contribution in [3.63, 3.8) is 0 Å². The van der Waals surface area contributed by atoms with Gasteiger partial charge in [-0.05, 0) is 36.3 Å². The zero-order valence-electron chi connectivity index (χ0n) is 13.4. The molecule has 1 fully saturated rings. The lowest BCUT2D eigenvalue weighted by Gasteiger charge is -2.30. The summed E-state index contributed by atoms with van der Waals surface area (Å²) in [5, 5.41) is 1.17. The van der Waals surface area contributed by atoms with Crippen molar-refractivity contribution in [2.75, 3.05) is 0 Å². The van der Waals surface area contributed by atoms with E-state index in [1.165, 1.54) is 18.2 Å². The van der Waals surface area contributed by atoms with Gasteiger partial charge >= 0.3 is 0 Å². The Bertz CT molecular complexity index is 653. The lowest BCUT2D eigenvalue weighted by Crippen LogP contribution is -2.23. The minimum atomic E-state index is 0.179. The molecule has 1 aromatic carbocycles. The van der Waals surface area contributed by atoms with Gasteiger partial charge in [0.1, 0.15) is 11.3 Å². The van der Waals surface area contributed by atoms with Crippen LogP contribution in [-0.4, -0.2) is 0 Å². The first-order valence-corrected chi connectivity index (χ1v) is 7.94. The van der Waals surface area contributed by atoms with E-state index in [1.807, 2.05) is 12.1 Å². The van der Waals surface area contributed by atoms with Gasteiger partial charge in [-0.1, -0.05) is 57.7 Å². The normalized spacial score (nSPS) is 18.1. The van der Waals surface area contributed by atoms with E-state index >= 15 is 0 Å². The van der Waals surface area contributed by atoms with Crippen LogP contribution in [0.2, 0.25) is 0 Å². The van der Waals surface area contributed by atoms with Gasteiger partial charge in [-0.2, -0.15) is 0 Å². The van der Waals surface area contributed by atoms with Crippen molar-refractivity contribution in [1.82, 2.24) is 0 Å². The van der Waals surface area contributed by atoms with Crippen molar-refractivity contribution in [2.24, 2.45) is 17.3 Å². The Balaban J connectivity index is 1.99. The molecule has 110 valence electrons. The molecule has 0 radical (unpaired) electrons. The molecule has 2 atom stereocenters. The van der Waals surface area contributed by atoms with Gasteiger partial charge in [-0.3, -0.25) is 0 Å². The maximum atomic E-state index is 6.10. The minimum Gasteiger partial charge on any atom is -0.460 e. The van der Waals surface area contributed by atoms with Crippen LogP contribution in [0.25, 0.3) is 11.0 Å². The average Bonchev–Trinajstić information content (AvgIpc) is 3.15. The van der Waals surface area contributed by atoms with Crippen molar-refractivity contribution in [2.45, 2.75) is 46.5 Å². The molecular weight excluding hydrogens is 256 g/mol. The Morgan fingerprint density at radius 3 is 2.52 bits per heavy atom. The predicted molar refractivity (Wildman–Crippen MR) is 88.1 cm³/mol. The molecule has 2 aromatic rings. The largest absolute Gasteiger partial charge is 0.460 e. The van der Waals surface area contributed by atoms with E-state index in [4.69, 9.17) is 4.42 Å². The highest BCUT2D eigenvalue weighted by atomic mass is 16.3. The molecule has 0 bridgehead atoms. The van der Waals surface area contributed by atoms with Gasteiger partial charge < -0.3 is 4.42 Å². The van der Waals surface area contributed by atoms with Crippen LogP contribution in [-0.2, 0) is 0 Å². The highest BCUT2D eigenvalue weighted by molar-refractivity contribution is 5.78. The molecule has 1 heterocycles. The number of furan rings is 1. The molecule has 0 aliphatic heterocycles. The summed E-state index contributed by atoms with van der Waals surface area (Å²) in [6.07, 6.45) is 2.54. The van der Waals surface area contributed by atoms with Gasteiger partial charge in [-0.15, -0.1) is 0 Å². The van der Waals surface area contributed by atoms with E-state index in [-0.39, 0.29) is 11.3 Å². The first-order chi connectivity index (χ1) is 9.95. The van der Waals surface area contributed by atoms with Crippen molar-refractivity contribution in [3.05, 3.63) is 36.1 Å². The second-order valence-corrected chi connectivity index (χ2v) is 7.38. The van der Waals surface area contributed by atoms with Crippen molar-refractivity contribution >= 4 is 11.0 Å². The molecule has 1 aliphatic carbocycles. The summed E-state index contributed by atoms with van der Waals surface area (Å²) in [4.78, 5) is 0. The molecule has 1 aromatic heterocycles. The SMILES string of the molecule is C[C@@H]([C@H](C#CC1CC1)c1cc2ccccc2o1)C(C)(C)C. The summed E-state index contributed by atoms with van der Waals surface area (Å²) < 4.78 is 6.10. The Hall–Kier alpha value is -1.68. The van der Waals surface area contributed by atoms with Crippen molar-refractivity contribution < 1.29 is 4.42 Å². The van der Waals surface area contributed by atoms with E-state index in [0.29, 0.717) is 11.8 Å². The lowest BCUT2D eigenvalue weighted by molar-refractivity contribution is 0.232. The van der Waals surface area contributed by atoms with Crippen molar-refractivity contribution in [3.8, 4) is 11.8 Å². The van der Waals surface area contributed by atoms with Gasteiger partial charge in [0.05, 0.1) is 5.92 Å². The topological polar surface area (TPSA) is 13.1 Å². The van der Waals surface area contributed by atoms with Crippen LogP contribution in [0.15, 0.2) is 34.7 Å². The molecule has 0 saturated heterocycles.